The first-order chi connectivity index (χ1) is 13.2. The lowest BCUT2D eigenvalue weighted by atomic mass is 9.98. The van der Waals surface area contributed by atoms with E-state index in [0.717, 1.165) is 22.9 Å². The Morgan fingerprint density at radius 2 is 2.37 bits per heavy atom. The summed E-state index contributed by atoms with van der Waals surface area (Å²) in [5, 5.41) is 12.0. The van der Waals surface area contributed by atoms with Crippen molar-refractivity contribution in [3.05, 3.63) is 24.2 Å². The average Bonchev–Trinajstić information content (AvgIpc) is 3.36. The highest BCUT2D eigenvalue weighted by atomic mass is 32.2. The number of furan rings is 1. The number of esters is 1. The molecular formula is C17H22N4O4S2. The average molecular weight is 411 g/mol. The van der Waals surface area contributed by atoms with Gasteiger partial charge in [0.1, 0.15) is 5.76 Å². The highest BCUT2D eigenvalue weighted by Crippen LogP contribution is 2.27. The van der Waals surface area contributed by atoms with E-state index >= 15 is 0 Å². The lowest BCUT2D eigenvalue weighted by Crippen LogP contribution is -2.43. The van der Waals surface area contributed by atoms with E-state index in [2.05, 4.69) is 15.5 Å². The highest BCUT2D eigenvalue weighted by Gasteiger charge is 2.29. The first-order valence-electron chi connectivity index (χ1n) is 8.82. The van der Waals surface area contributed by atoms with Gasteiger partial charge in [0.2, 0.25) is 11.0 Å². The van der Waals surface area contributed by atoms with Crippen LogP contribution in [-0.4, -0.2) is 52.4 Å². The van der Waals surface area contributed by atoms with Gasteiger partial charge in [-0.25, -0.2) is 0 Å². The Balaban J connectivity index is 1.44. The highest BCUT2D eigenvalue weighted by molar-refractivity contribution is 8.01. The van der Waals surface area contributed by atoms with Crippen LogP contribution in [0.5, 0.6) is 0 Å². The minimum absolute atomic E-state index is 0.00860. The normalized spacial score (nSPS) is 16.9. The van der Waals surface area contributed by atoms with E-state index in [0.29, 0.717) is 31.4 Å². The fourth-order valence-corrected chi connectivity index (χ4v) is 4.44. The number of carbonyl (C=O) groups is 2. The predicted molar refractivity (Wildman–Crippen MR) is 103 cm³/mol. The zero-order valence-corrected chi connectivity index (χ0v) is 16.7. The van der Waals surface area contributed by atoms with Crippen molar-refractivity contribution in [3.63, 3.8) is 0 Å². The number of likely N-dealkylation sites (tertiary alicyclic amines) is 1. The second kappa shape index (κ2) is 9.75. The summed E-state index contributed by atoms with van der Waals surface area (Å²) in [4.78, 5) is 26.1. The second-order valence-electron chi connectivity index (χ2n) is 6.03. The van der Waals surface area contributed by atoms with Crippen molar-refractivity contribution in [1.29, 1.82) is 0 Å². The van der Waals surface area contributed by atoms with E-state index in [9.17, 15) is 9.59 Å². The van der Waals surface area contributed by atoms with Crippen molar-refractivity contribution >= 4 is 40.1 Å². The number of thioether (sulfide) groups is 1. The molecule has 1 amide bonds. The minimum atomic E-state index is -0.216. The Morgan fingerprint density at radius 3 is 3.15 bits per heavy atom. The van der Waals surface area contributed by atoms with E-state index in [4.69, 9.17) is 9.15 Å². The number of nitrogens with zero attached hydrogens (tertiary/aromatic N) is 3. The number of nitrogens with one attached hydrogen (secondary N) is 1. The largest absolute Gasteiger partial charge is 0.467 e. The molecule has 2 aromatic rings. The molecule has 3 heterocycles. The van der Waals surface area contributed by atoms with E-state index in [1.807, 2.05) is 12.1 Å². The van der Waals surface area contributed by atoms with Gasteiger partial charge in [0.05, 0.1) is 31.1 Å². The van der Waals surface area contributed by atoms with Gasteiger partial charge in [0.25, 0.3) is 0 Å². The molecule has 2 aromatic heterocycles. The molecule has 8 nitrogen and oxygen atoms in total. The van der Waals surface area contributed by atoms with Gasteiger partial charge in [-0.3, -0.25) is 9.59 Å². The summed E-state index contributed by atoms with van der Waals surface area (Å²) in [5.41, 5.74) is 0. The fourth-order valence-electron chi connectivity index (χ4n) is 2.79. The van der Waals surface area contributed by atoms with Crippen LogP contribution in [0.4, 0.5) is 5.13 Å². The second-order valence-corrected chi connectivity index (χ2v) is 8.23. The van der Waals surface area contributed by atoms with Crippen LogP contribution in [0.2, 0.25) is 0 Å². The molecule has 0 spiro atoms. The van der Waals surface area contributed by atoms with Crippen LogP contribution >= 0.6 is 23.1 Å². The number of anilines is 1. The summed E-state index contributed by atoms with van der Waals surface area (Å²) in [6.07, 6.45) is 3.22. The Labute approximate surface area is 165 Å². The maximum atomic E-state index is 12.5. The Kier molecular flexibility index (Phi) is 7.11. The van der Waals surface area contributed by atoms with Crippen LogP contribution in [0.3, 0.4) is 0 Å². The molecule has 1 aliphatic rings. The van der Waals surface area contributed by atoms with E-state index in [-0.39, 0.29) is 23.5 Å². The van der Waals surface area contributed by atoms with Crippen LogP contribution in [0.1, 0.15) is 25.5 Å². The molecule has 10 heteroatoms. The third-order valence-electron chi connectivity index (χ3n) is 4.11. The van der Waals surface area contributed by atoms with E-state index < -0.39 is 0 Å². The van der Waals surface area contributed by atoms with Gasteiger partial charge >= 0.3 is 5.97 Å². The Morgan fingerprint density at radius 1 is 1.48 bits per heavy atom. The third-order valence-corrected chi connectivity index (χ3v) is 6.11. The summed E-state index contributed by atoms with van der Waals surface area (Å²) in [7, 11) is 0. The van der Waals surface area contributed by atoms with Gasteiger partial charge in [0.15, 0.2) is 4.34 Å². The Hall–Kier alpha value is -2.07. The monoisotopic (exact) mass is 410 g/mol. The van der Waals surface area contributed by atoms with Crippen LogP contribution in [0.25, 0.3) is 0 Å². The molecule has 1 saturated heterocycles. The summed E-state index contributed by atoms with van der Waals surface area (Å²) < 4.78 is 11.1. The minimum Gasteiger partial charge on any atom is -0.467 e. The quantitative estimate of drug-likeness (QED) is 0.524. The van der Waals surface area contributed by atoms with Crippen molar-refractivity contribution in [2.45, 2.75) is 30.6 Å². The summed E-state index contributed by atoms with van der Waals surface area (Å²) in [6.45, 7) is 3.81. The maximum absolute atomic E-state index is 12.5. The van der Waals surface area contributed by atoms with Crippen molar-refractivity contribution in [2.24, 2.45) is 5.92 Å². The molecule has 27 heavy (non-hydrogen) atoms. The Bertz CT molecular complexity index is 750. The fraction of sp³-hybridized carbons (Fsp3) is 0.529. The number of hydrogen-bond donors (Lipinski definition) is 1. The summed E-state index contributed by atoms with van der Waals surface area (Å²) >= 11 is 2.76. The molecule has 0 bridgehead atoms. The lowest BCUT2D eigenvalue weighted by Gasteiger charge is -2.31. The van der Waals surface area contributed by atoms with Gasteiger partial charge in [-0.1, -0.05) is 23.1 Å². The molecule has 146 valence electrons. The zero-order valence-electron chi connectivity index (χ0n) is 15.1. The number of hydrogen-bond acceptors (Lipinski definition) is 9. The van der Waals surface area contributed by atoms with Crippen molar-refractivity contribution < 1.29 is 18.7 Å². The van der Waals surface area contributed by atoms with E-state index in [1.165, 1.54) is 23.1 Å². The molecule has 0 radical (unpaired) electrons. The SMILES string of the molecule is CCOC(=O)C1CCCN(C(=O)CSc2nnc(NCc3ccco3)s2)C1. The standard InChI is InChI=1S/C17H22N4O4S2/c1-2-24-15(23)12-5-3-7-21(10-12)14(22)11-26-17-20-19-16(27-17)18-9-13-6-4-8-25-13/h4,6,8,12H,2-3,5,7,9-11H2,1H3,(H,18,19). The number of amides is 1. The van der Waals surface area contributed by atoms with Crippen molar-refractivity contribution in [1.82, 2.24) is 15.1 Å². The smallest absolute Gasteiger partial charge is 0.310 e. The maximum Gasteiger partial charge on any atom is 0.310 e. The van der Waals surface area contributed by atoms with Gasteiger partial charge < -0.3 is 19.4 Å². The van der Waals surface area contributed by atoms with Gasteiger partial charge in [-0.15, -0.1) is 10.2 Å². The number of piperidine rings is 1. The van der Waals surface area contributed by atoms with Gasteiger partial charge in [-0.05, 0) is 31.9 Å². The first kappa shape index (κ1) is 19.7. The molecule has 3 rings (SSSR count). The number of rotatable bonds is 8. The van der Waals surface area contributed by atoms with Crippen LogP contribution < -0.4 is 5.32 Å². The molecule has 1 N–H and O–H groups in total. The van der Waals surface area contributed by atoms with Gasteiger partial charge in [0, 0.05) is 13.1 Å². The molecule has 0 aromatic carbocycles. The molecular weight excluding hydrogens is 388 g/mol. The molecule has 1 aliphatic heterocycles. The molecule has 1 unspecified atom stereocenters. The number of ether oxygens (including phenoxy) is 1. The topological polar surface area (TPSA) is 97.6 Å². The predicted octanol–water partition coefficient (Wildman–Crippen LogP) is 2.64. The van der Waals surface area contributed by atoms with Crippen LogP contribution in [0.15, 0.2) is 27.2 Å². The van der Waals surface area contributed by atoms with Crippen LogP contribution in [-0.2, 0) is 20.9 Å². The van der Waals surface area contributed by atoms with Crippen molar-refractivity contribution in [2.75, 3.05) is 30.8 Å². The third kappa shape index (κ3) is 5.70. The molecule has 1 atom stereocenters. The molecule has 1 fully saturated rings. The first-order valence-corrected chi connectivity index (χ1v) is 10.6. The summed E-state index contributed by atoms with van der Waals surface area (Å²) in [5.74, 6) is 0.679. The van der Waals surface area contributed by atoms with E-state index in [1.54, 1.807) is 18.1 Å². The van der Waals surface area contributed by atoms with Gasteiger partial charge in [-0.2, -0.15) is 0 Å². The number of carbonyl (C=O) groups excluding carboxylic acids is 2. The zero-order chi connectivity index (χ0) is 19.1. The lowest BCUT2D eigenvalue weighted by molar-refractivity contribution is -0.151. The van der Waals surface area contributed by atoms with Crippen LogP contribution in [0, 0.1) is 5.92 Å². The summed E-state index contributed by atoms with van der Waals surface area (Å²) in [6, 6.07) is 3.71. The number of aromatic nitrogens is 2. The van der Waals surface area contributed by atoms with Crippen molar-refractivity contribution in [3.8, 4) is 0 Å². The molecule has 0 saturated carbocycles. The molecule has 0 aliphatic carbocycles.